The maximum Gasteiger partial charge on any atom is 0.331 e. The maximum absolute atomic E-state index is 11.0. The number of carboxylic acids is 1. The molecule has 2 nitrogen and oxygen atoms in total. The molecule has 0 saturated heterocycles. The fraction of sp³-hybridized carbons (Fsp3) is 0.667. The second-order valence-corrected chi connectivity index (χ2v) is 4.38. The molecule has 0 saturated carbocycles. The number of unbranched alkanes of at least 4 members (excludes halogenated alkanes) is 5. The molecule has 0 aliphatic carbocycles. The van der Waals surface area contributed by atoms with Crippen LogP contribution in [0.15, 0.2) is 23.8 Å². The van der Waals surface area contributed by atoms with E-state index in [1.807, 2.05) is 6.08 Å². The lowest BCUT2D eigenvalue weighted by Crippen LogP contribution is -2.00. The topological polar surface area (TPSA) is 37.3 Å². The summed E-state index contributed by atoms with van der Waals surface area (Å²) in [6, 6.07) is 0. The highest BCUT2D eigenvalue weighted by molar-refractivity contribution is 5.86. The Kier molecular flexibility index (Phi) is 10.7. The van der Waals surface area contributed by atoms with Crippen LogP contribution in [0.4, 0.5) is 0 Å². The molecule has 0 unspecified atom stereocenters. The lowest BCUT2D eigenvalue weighted by atomic mass is 10.1. The van der Waals surface area contributed by atoms with Gasteiger partial charge >= 0.3 is 5.97 Å². The lowest BCUT2D eigenvalue weighted by Gasteiger charge is -2.00. The largest absolute Gasteiger partial charge is 0.478 e. The lowest BCUT2D eigenvalue weighted by molar-refractivity contribution is -0.132. The Morgan fingerprint density at radius 3 is 2.29 bits per heavy atom. The summed E-state index contributed by atoms with van der Waals surface area (Å²) in [5, 5.41) is 9.01. The quantitative estimate of drug-likeness (QED) is 0.340. The third kappa shape index (κ3) is 9.86. The average molecular weight is 238 g/mol. The highest BCUT2D eigenvalue weighted by Gasteiger charge is 2.04. The molecule has 2 heteroatoms. The van der Waals surface area contributed by atoms with Crippen LogP contribution in [-0.2, 0) is 4.79 Å². The van der Waals surface area contributed by atoms with E-state index in [-0.39, 0.29) is 0 Å². The molecule has 0 radical (unpaired) electrons. The van der Waals surface area contributed by atoms with E-state index in [9.17, 15) is 4.79 Å². The summed E-state index contributed by atoms with van der Waals surface area (Å²) in [5.74, 6) is -0.778. The van der Waals surface area contributed by atoms with E-state index in [1.165, 1.54) is 19.3 Å². The van der Waals surface area contributed by atoms with Crippen LogP contribution in [0.25, 0.3) is 0 Å². The molecular formula is C15H26O2. The predicted molar refractivity (Wildman–Crippen MR) is 73.1 cm³/mol. The Bertz CT molecular complexity index is 252. The normalized spacial score (nSPS) is 12.2. The molecule has 0 spiro atoms. The van der Waals surface area contributed by atoms with E-state index < -0.39 is 5.97 Å². The van der Waals surface area contributed by atoms with Crippen LogP contribution in [-0.4, -0.2) is 11.1 Å². The van der Waals surface area contributed by atoms with Gasteiger partial charge in [0.15, 0.2) is 0 Å². The van der Waals surface area contributed by atoms with E-state index in [0.717, 1.165) is 25.7 Å². The fourth-order valence-corrected chi connectivity index (χ4v) is 1.62. The summed E-state index contributed by atoms with van der Waals surface area (Å²) >= 11 is 0. The Hall–Kier alpha value is -1.05. The van der Waals surface area contributed by atoms with Gasteiger partial charge in [-0.2, -0.15) is 0 Å². The minimum Gasteiger partial charge on any atom is -0.478 e. The fourth-order valence-electron chi connectivity index (χ4n) is 1.62. The van der Waals surface area contributed by atoms with Gasteiger partial charge in [0.05, 0.1) is 0 Å². The average Bonchev–Trinajstić information content (AvgIpc) is 2.31. The van der Waals surface area contributed by atoms with Gasteiger partial charge in [-0.15, -0.1) is 0 Å². The van der Waals surface area contributed by atoms with E-state index >= 15 is 0 Å². The van der Waals surface area contributed by atoms with E-state index in [4.69, 9.17) is 5.11 Å². The molecule has 17 heavy (non-hydrogen) atoms. The van der Waals surface area contributed by atoms with Crippen molar-refractivity contribution < 1.29 is 9.90 Å². The molecule has 0 aromatic rings. The molecule has 0 rings (SSSR count). The smallest absolute Gasteiger partial charge is 0.331 e. The van der Waals surface area contributed by atoms with Crippen LogP contribution in [0.1, 0.15) is 65.2 Å². The van der Waals surface area contributed by atoms with Crippen molar-refractivity contribution in [2.45, 2.75) is 65.2 Å². The number of rotatable bonds is 10. The van der Waals surface area contributed by atoms with Gasteiger partial charge in [-0.1, -0.05) is 57.8 Å². The highest BCUT2D eigenvalue weighted by atomic mass is 16.4. The Labute approximate surface area is 105 Å². The number of hydrogen-bond acceptors (Lipinski definition) is 1. The molecule has 0 amide bonds. The van der Waals surface area contributed by atoms with E-state index in [2.05, 4.69) is 19.9 Å². The van der Waals surface area contributed by atoms with Crippen LogP contribution < -0.4 is 0 Å². The van der Waals surface area contributed by atoms with Gasteiger partial charge in [0.2, 0.25) is 0 Å². The van der Waals surface area contributed by atoms with Crippen molar-refractivity contribution in [2.75, 3.05) is 0 Å². The number of allylic oxidation sites excluding steroid dienone is 3. The predicted octanol–water partition coefficient (Wildman–Crippen LogP) is 4.71. The van der Waals surface area contributed by atoms with E-state index in [1.54, 1.807) is 6.08 Å². The standard InChI is InChI=1S/C15H26O2/c1-3-5-7-8-9-11-13-14(15(16)17)12-10-6-4-2/h9,11,13H,3-8,10,12H2,1-2H3,(H,16,17)/b11-9-,14-13+. The van der Waals surface area contributed by atoms with Crippen LogP contribution >= 0.6 is 0 Å². The first-order chi connectivity index (χ1) is 8.22. The SMILES string of the molecule is CCCCC/C=C\C=C(/CCCCC)C(=O)O. The number of hydrogen-bond donors (Lipinski definition) is 1. The third-order valence-corrected chi connectivity index (χ3v) is 2.73. The zero-order valence-corrected chi connectivity index (χ0v) is 11.2. The van der Waals surface area contributed by atoms with Gasteiger partial charge in [0.25, 0.3) is 0 Å². The minimum atomic E-state index is -0.778. The van der Waals surface area contributed by atoms with Gasteiger partial charge in [-0.3, -0.25) is 0 Å². The monoisotopic (exact) mass is 238 g/mol. The van der Waals surface area contributed by atoms with Crippen molar-refractivity contribution in [1.29, 1.82) is 0 Å². The summed E-state index contributed by atoms with van der Waals surface area (Å²) in [4.78, 5) is 11.0. The highest BCUT2D eigenvalue weighted by Crippen LogP contribution is 2.09. The van der Waals surface area contributed by atoms with Gasteiger partial charge in [-0.25, -0.2) is 4.79 Å². The first-order valence-corrected chi connectivity index (χ1v) is 6.81. The molecule has 98 valence electrons. The number of carboxylic acid groups (broad SMARTS) is 1. The molecular weight excluding hydrogens is 212 g/mol. The first kappa shape index (κ1) is 16.0. The summed E-state index contributed by atoms with van der Waals surface area (Å²) in [5.41, 5.74) is 0.533. The van der Waals surface area contributed by atoms with Crippen molar-refractivity contribution in [3.63, 3.8) is 0 Å². The van der Waals surface area contributed by atoms with Crippen molar-refractivity contribution >= 4 is 5.97 Å². The van der Waals surface area contributed by atoms with Gasteiger partial charge in [0.1, 0.15) is 0 Å². The Morgan fingerprint density at radius 1 is 1.06 bits per heavy atom. The summed E-state index contributed by atoms with van der Waals surface area (Å²) < 4.78 is 0. The van der Waals surface area contributed by atoms with Crippen LogP contribution in [0, 0.1) is 0 Å². The molecule has 0 bridgehead atoms. The molecule has 0 fully saturated rings. The van der Waals surface area contributed by atoms with E-state index in [0.29, 0.717) is 12.0 Å². The second-order valence-electron chi connectivity index (χ2n) is 4.38. The van der Waals surface area contributed by atoms with Crippen LogP contribution in [0.3, 0.4) is 0 Å². The molecule has 0 atom stereocenters. The van der Waals surface area contributed by atoms with Crippen LogP contribution in [0.2, 0.25) is 0 Å². The molecule has 0 aliphatic rings. The van der Waals surface area contributed by atoms with Gasteiger partial charge < -0.3 is 5.11 Å². The minimum absolute atomic E-state index is 0.533. The van der Waals surface area contributed by atoms with Crippen molar-refractivity contribution in [3.8, 4) is 0 Å². The zero-order valence-electron chi connectivity index (χ0n) is 11.2. The Balaban J connectivity index is 3.98. The Morgan fingerprint density at radius 2 is 1.71 bits per heavy atom. The van der Waals surface area contributed by atoms with Gasteiger partial charge in [-0.05, 0) is 25.7 Å². The molecule has 0 aromatic heterocycles. The molecule has 1 N–H and O–H groups in total. The second kappa shape index (κ2) is 11.4. The van der Waals surface area contributed by atoms with Crippen molar-refractivity contribution in [3.05, 3.63) is 23.8 Å². The van der Waals surface area contributed by atoms with Gasteiger partial charge in [0, 0.05) is 5.57 Å². The molecule has 0 aromatic carbocycles. The summed E-state index contributed by atoms with van der Waals surface area (Å²) in [6.45, 7) is 4.30. The number of carbonyl (C=O) groups is 1. The summed E-state index contributed by atoms with van der Waals surface area (Å²) in [6.07, 6.45) is 14.3. The summed E-state index contributed by atoms with van der Waals surface area (Å²) in [7, 11) is 0. The van der Waals surface area contributed by atoms with Crippen LogP contribution in [0.5, 0.6) is 0 Å². The first-order valence-electron chi connectivity index (χ1n) is 6.81. The number of aliphatic carboxylic acids is 1. The molecule has 0 heterocycles. The zero-order chi connectivity index (χ0) is 12.9. The van der Waals surface area contributed by atoms with Crippen molar-refractivity contribution in [1.82, 2.24) is 0 Å². The maximum atomic E-state index is 11.0. The third-order valence-electron chi connectivity index (χ3n) is 2.73. The van der Waals surface area contributed by atoms with Crippen molar-refractivity contribution in [2.24, 2.45) is 0 Å². The molecule has 0 aliphatic heterocycles.